The molecule has 1 aromatic carbocycles. The van der Waals surface area contributed by atoms with Crippen LogP contribution in [0.25, 0.3) is 0 Å². The van der Waals surface area contributed by atoms with Crippen molar-refractivity contribution in [3.05, 3.63) is 65.7 Å². The van der Waals surface area contributed by atoms with Crippen molar-refractivity contribution >= 4 is 29.4 Å². The third-order valence-corrected chi connectivity index (χ3v) is 4.91. The normalized spacial score (nSPS) is 12.8. The Hall–Kier alpha value is -3.00. The van der Waals surface area contributed by atoms with E-state index in [2.05, 4.69) is 15.7 Å². The molecule has 126 valence electrons. The van der Waals surface area contributed by atoms with Crippen LogP contribution in [0.5, 0.6) is 0 Å². The van der Waals surface area contributed by atoms with Crippen LogP contribution >= 0.6 is 11.9 Å². The molecule has 25 heavy (non-hydrogen) atoms. The van der Waals surface area contributed by atoms with Crippen molar-refractivity contribution in [3.63, 3.8) is 0 Å². The van der Waals surface area contributed by atoms with Crippen LogP contribution in [0.1, 0.15) is 26.4 Å². The number of rotatable bonds is 3. The molecule has 7 nitrogen and oxygen atoms in total. The van der Waals surface area contributed by atoms with E-state index in [9.17, 15) is 9.59 Å². The van der Waals surface area contributed by atoms with Crippen LogP contribution in [0.2, 0.25) is 0 Å². The van der Waals surface area contributed by atoms with Gasteiger partial charge in [-0.1, -0.05) is 0 Å². The molecule has 2 N–H and O–H groups in total. The molecule has 0 saturated carbocycles. The van der Waals surface area contributed by atoms with E-state index in [-0.39, 0.29) is 11.8 Å². The van der Waals surface area contributed by atoms with E-state index in [1.54, 1.807) is 29.1 Å². The van der Waals surface area contributed by atoms with Crippen molar-refractivity contribution in [2.24, 2.45) is 7.05 Å². The first-order valence-corrected chi connectivity index (χ1v) is 8.44. The van der Waals surface area contributed by atoms with Gasteiger partial charge < -0.3 is 10.6 Å². The van der Waals surface area contributed by atoms with Gasteiger partial charge in [-0.3, -0.25) is 18.2 Å². The summed E-state index contributed by atoms with van der Waals surface area (Å²) in [6.07, 6.45) is 5.40. The van der Waals surface area contributed by atoms with Gasteiger partial charge in [-0.05, 0) is 42.3 Å². The van der Waals surface area contributed by atoms with Crippen LogP contribution in [-0.4, -0.2) is 25.6 Å². The van der Waals surface area contributed by atoms with Crippen LogP contribution in [0, 0.1) is 0 Å². The summed E-state index contributed by atoms with van der Waals surface area (Å²) >= 11 is 1.44. The smallest absolute Gasteiger partial charge is 0.273 e. The van der Waals surface area contributed by atoms with Crippen molar-refractivity contribution in [1.29, 1.82) is 0 Å². The molecule has 0 radical (unpaired) electrons. The SMILES string of the molecule is Cn1cc(CNC(=O)c2ccc3c(c2)NC(=O)c2cccn2S3)cn1. The lowest BCUT2D eigenvalue weighted by atomic mass is 10.1. The Bertz CT molecular complexity index is 975. The number of carbonyl (C=O) groups excluding carboxylic acids is 2. The molecule has 0 spiro atoms. The summed E-state index contributed by atoms with van der Waals surface area (Å²) in [5, 5.41) is 9.79. The first-order chi connectivity index (χ1) is 12.1. The van der Waals surface area contributed by atoms with Crippen molar-refractivity contribution in [2.45, 2.75) is 11.4 Å². The highest BCUT2D eigenvalue weighted by Crippen LogP contribution is 2.33. The van der Waals surface area contributed by atoms with Crippen molar-refractivity contribution in [3.8, 4) is 0 Å². The average Bonchev–Trinajstić information content (AvgIpc) is 3.20. The fourth-order valence-corrected chi connectivity index (χ4v) is 3.53. The molecule has 1 aliphatic rings. The number of hydrogen-bond donors (Lipinski definition) is 2. The molecule has 3 aromatic rings. The van der Waals surface area contributed by atoms with Crippen LogP contribution in [0.15, 0.2) is 53.8 Å². The quantitative estimate of drug-likeness (QED) is 0.757. The topological polar surface area (TPSA) is 81.0 Å². The number of fused-ring (bicyclic) bond motifs is 2. The predicted octanol–water partition coefficient (Wildman–Crippen LogP) is 2.27. The molecule has 0 saturated heterocycles. The second kappa shape index (κ2) is 6.14. The van der Waals surface area contributed by atoms with Crippen molar-refractivity contribution in [1.82, 2.24) is 19.1 Å². The summed E-state index contributed by atoms with van der Waals surface area (Å²) in [5.74, 6) is -0.390. The molecule has 4 rings (SSSR count). The third-order valence-electron chi connectivity index (χ3n) is 3.84. The van der Waals surface area contributed by atoms with Gasteiger partial charge >= 0.3 is 0 Å². The Labute approximate surface area is 148 Å². The Kier molecular flexibility index (Phi) is 3.81. The van der Waals surface area contributed by atoms with Crippen LogP contribution in [-0.2, 0) is 13.6 Å². The Morgan fingerprint density at radius 3 is 3.04 bits per heavy atom. The van der Waals surface area contributed by atoms with E-state index < -0.39 is 0 Å². The first-order valence-electron chi connectivity index (χ1n) is 7.67. The number of hydrogen-bond acceptors (Lipinski definition) is 4. The molecular formula is C17H15N5O2S. The van der Waals surface area contributed by atoms with Gasteiger partial charge in [0.2, 0.25) is 0 Å². The first kappa shape index (κ1) is 15.5. The molecule has 2 aromatic heterocycles. The number of nitrogens with one attached hydrogen (secondary N) is 2. The van der Waals surface area contributed by atoms with E-state index in [1.165, 1.54) is 11.9 Å². The zero-order valence-corrected chi connectivity index (χ0v) is 14.2. The van der Waals surface area contributed by atoms with Gasteiger partial charge in [-0.2, -0.15) is 5.10 Å². The summed E-state index contributed by atoms with van der Waals surface area (Å²) < 4.78 is 3.50. The second-order valence-electron chi connectivity index (χ2n) is 5.68. The summed E-state index contributed by atoms with van der Waals surface area (Å²) in [5.41, 5.74) is 2.63. The van der Waals surface area contributed by atoms with E-state index in [4.69, 9.17) is 0 Å². The molecule has 3 heterocycles. The van der Waals surface area contributed by atoms with Gasteiger partial charge in [0.05, 0.1) is 16.8 Å². The minimum absolute atomic E-state index is 0.191. The van der Waals surface area contributed by atoms with Gasteiger partial charge in [0.25, 0.3) is 11.8 Å². The number of carbonyl (C=O) groups is 2. The standard InChI is InChI=1S/C17H15N5O2S/c1-21-10-11(9-19-21)8-18-16(23)12-4-5-15-13(7-12)20-17(24)14-3-2-6-22(14)25-15/h2-7,9-10H,8H2,1H3,(H,18,23)(H,20,24). The number of amides is 2. The second-order valence-corrected chi connectivity index (χ2v) is 6.70. The molecule has 0 fully saturated rings. The average molecular weight is 353 g/mol. The Morgan fingerprint density at radius 1 is 1.36 bits per heavy atom. The minimum Gasteiger partial charge on any atom is -0.348 e. The highest BCUT2D eigenvalue weighted by atomic mass is 32.2. The van der Waals surface area contributed by atoms with Gasteiger partial charge in [0, 0.05) is 37.1 Å². The van der Waals surface area contributed by atoms with Crippen molar-refractivity contribution < 1.29 is 9.59 Å². The zero-order valence-electron chi connectivity index (χ0n) is 13.4. The van der Waals surface area contributed by atoms with E-state index >= 15 is 0 Å². The summed E-state index contributed by atoms with van der Waals surface area (Å²) in [4.78, 5) is 25.5. The van der Waals surface area contributed by atoms with Gasteiger partial charge in [0.15, 0.2) is 0 Å². The third kappa shape index (κ3) is 3.03. The highest BCUT2D eigenvalue weighted by molar-refractivity contribution is 7.98. The Balaban J connectivity index is 1.53. The Morgan fingerprint density at radius 2 is 2.24 bits per heavy atom. The molecule has 0 bridgehead atoms. The monoisotopic (exact) mass is 353 g/mol. The maximum Gasteiger partial charge on any atom is 0.273 e. The molecule has 2 amide bonds. The van der Waals surface area contributed by atoms with E-state index in [0.717, 1.165) is 10.5 Å². The van der Waals surface area contributed by atoms with E-state index in [0.29, 0.717) is 23.5 Å². The summed E-state index contributed by atoms with van der Waals surface area (Å²) in [6, 6.07) is 8.88. The van der Waals surface area contributed by atoms with Crippen LogP contribution in [0.3, 0.4) is 0 Å². The molecule has 8 heteroatoms. The molecule has 1 aliphatic heterocycles. The number of aryl methyl sites for hydroxylation is 1. The zero-order chi connectivity index (χ0) is 17.4. The maximum atomic E-state index is 12.4. The number of aromatic nitrogens is 3. The van der Waals surface area contributed by atoms with Crippen LogP contribution in [0.4, 0.5) is 5.69 Å². The summed E-state index contributed by atoms with van der Waals surface area (Å²) in [6.45, 7) is 0.399. The number of nitrogens with zero attached hydrogens (tertiary/aromatic N) is 3. The van der Waals surface area contributed by atoms with Crippen LogP contribution < -0.4 is 10.6 Å². The van der Waals surface area contributed by atoms with Crippen molar-refractivity contribution in [2.75, 3.05) is 5.32 Å². The molecule has 0 unspecified atom stereocenters. The summed E-state index contributed by atoms with van der Waals surface area (Å²) in [7, 11) is 1.83. The maximum absolute atomic E-state index is 12.4. The molecule has 0 aliphatic carbocycles. The lowest BCUT2D eigenvalue weighted by Gasteiger charge is -2.09. The highest BCUT2D eigenvalue weighted by Gasteiger charge is 2.20. The fourth-order valence-electron chi connectivity index (χ4n) is 2.61. The molecule has 0 atom stereocenters. The largest absolute Gasteiger partial charge is 0.348 e. The molecular weight excluding hydrogens is 338 g/mol. The van der Waals surface area contributed by atoms with E-state index in [1.807, 2.05) is 35.5 Å². The lowest BCUT2D eigenvalue weighted by molar-refractivity contribution is 0.0949. The minimum atomic E-state index is -0.199. The lowest BCUT2D eigenvalue weighted by Crippen LogP contribution is -2.23. The van der Waals surface area contributed by atoms with Gasteiger partial charge in [0.1, 0.15) is 5.69 Å². The number of anilines is 1. The number of benzene rings is 1. The van der Waals surface area contributed by atoms with Gasteiger partial charge in [-0.25, -0.2) is 0 Å². The predicted molar refractivity (Wildman–Crippen MR) is 94.5 cm³/mol. The van der Waals surface area contributed by atoms with Gasteiger partial charge in [-0.15, -0.1) is 0 Å². The fraction of sp³-hybridized carbons (Fsp3) is 0.118.